The van der Waals surface area contributed by atoms with E-state index < -0.39 is 0 Å². The molecule has 0 aliphatic heterocycles. The summed E-state index contributed by atoms with van der Waals surface area (Å²) in [6.07, 6.45) is 0. The molecule has 34 valence electrons. The van der Waals surface area contributed by atoms with Gasteiger partial charge in [-0.2, -0.15) is 0 Å². The van der Waals surface area contributed by atoms with E-state index in [2.05, 4.69) is 0 Å². The summed E-state index contributed by atoms with van der Waals surface area (Å²) in [6, 6.07) is 0. The van der Waals surface area contributed by atoms with Crippen molar-refractivity contribution in [2.45, 2.75) is 0 Å². The summed E-state index contributed by atoms with van der Waals surface area (Å²) in [6.45, 7) is 0. The van der Waals surface area contributed by atoms with E-state index in [4.69, 9.17) is 0 Å². The normalized spacial score (nSPS) is 0. The zero-order valence-electron chi connectivity index (χ0n) is 2.02. The second-order valence-corrected chi connectivity index (χ2v) is 0. The van der Waals surface area contributed by atoms with Crippen molar-refractivity contribution in [2.75, 3.05) is 0 Å². The third kappa shape index (κ3) is 8.83. The first-order chi connectivity index (χ1) is 0. The fraction of sp³-hybridized carbons (Fsp3) is 0. The van der Waals surface area contributed by atoms with Crippen LogP contribution in [0.25, 0.3) is 0 Å². The molecular formula is H4Cu2PbSn. The van der Waals surface area contributed by atoms with Crippen molar-refractivity contribution in [1.29, 1.82) is 0 Å². The van der Waals surface area contributed by atoms with Crippen LogP contribution < -0.4 is 0 Å². The van der Waals surface area contributed by atoms with Gasteiger partial charge in [-0.3, -0.25) is 0 Å². The molecule has 0 spiro atoms. The van der Waals surface area contributed by atoms with Crippen molar-refractivity contribution in [3.05, 3.63) is 0 Å². The Bertz CT molecular complexity index is 6.00. The molecule has 0 aliphatic rings. The summed E-state index contributed by atoms with van der Waals surface area (Å²) in [4.78, 5) is 0. The van der Waals surface area contributed by atoms with Gasteiger partial charge in [-0.15, -0.1) is 0 Å². The Morgan fingerprint density at radius 2 is 0.750 bits per heavy atom. The Hall–Kier alpha value is 2.76. The van der Waals surface area contributed by atoms with Crippen molar-refractivity contribution in [2.24, 2.45) is 0 Å². The first-order valence-electron chi connectivity index (χ1n) is 0. The molecule has 0 aromatic carbocycles. The van der Waals surface area contributed by atoms with E-state index in [0.29, 0.717) is 0 Å². The molecule has 0 fully saturated rings. The van der Waals surface area contributed by atoms with Gasteiger partial charge in [0.2, 0.25) is 0 Å². The quantitative estimate of drug-likeness (QED) is 0.376. The van der Waals surface area contributed by atoms with E-state index in [9.17, 15) is 0 Å². The van der Waals surface area contributed by atoms with E-state index in [1.165, 1.54) is 0 Å². The molecule has 0 nitrogen and oxygen atoms in total. The first-order valence-corrected chi connectivity index (χ1v) is 0. The van der Waals surface area contributed by atoms with Gasteiger partial charge in [0, 0.05) is 34.1 Å². The fourth-order valence-corrected chi connectivity index (χ4v) is 0. The molecule has 0 atom stereocenters. The second kappa shape index (κ2) is 17.1. The summed E-state index contributed by atoms with van der Waals surface area (Å²) in [5.41, 5.74) is 0. The number of hydrogen-bond donors (Lipinski definition) is 0. The Balaban J connectivity index is 0. The number of rotatable bonds is 0. The molecule has 4 heteroatoms. The molecular weight excluding hydrogens is 453 g/mol. The average Bonchev–Trinajstić information content (AvgIpc) is 0. The minimum absolute atomic E-state index is 0. The summed E-state index contributed by atoms with van der Waals surface area (Å²) in [5.74, 6) is 0. The van der Waals surface area contributed by atoms with Gasteiger partial charge in [-0.05, 0) is 0 Å². The standard InChI is InChI=1S/2Cu.Pb.Sn.4H. The number of hydrogen-bond acceptors (Lipinski definition) is 0. The second-order valence-electron chi connectivity index (χ2n) is 0. The zero-order valence-corrected chi connectivity index (χ0v) is 13.4. The minimum atomic E-state index is 0. The molecule has 0 unspecified atom stereocenters. The summed E-state index contributed by atoms with van der Waals surface area (Å²) in [5, 5.41) is 0. The van der Waals surface area contributed by atoms with Crippen LogP contribution in [-0.2, 0) is 34.1 Å². The van der Waals surface area contributed by atoms with Crippen LogP contribution in [0.15, 0.2) is 0 Å². The molecule has 0 bridgehead atoms. The van der Waals surface area contributed by atoms with Crippen LogP contribution in [0, 0.1) is 0 Å². The van der Waals surface area contributed by atoms with Crippen molar-refractivity contribution < 1.29 is 34.1 Å². The predicted octanol–water partition coefficient (Wildman–Crippen LogP) is -1.84. The van der Waals surface area contributed by atoms with Gasteiger partial charge in [0.1, 0.15) is 0 Å². The SMILES string of the molecule is [Cu].[Cu].[PbH2].[SnH2]. The third-order valence-corrected chi connectivity index (χ3v) is 0. The molecule has 0 aliphatic carbocycles. The van der Waals surface area contributed by atoms with Crippen LogP contribution in [0.5, 0.6) is 0 Å². The third-order valence-electron chi connectivity index (χ3n) is 0. The van der Waals surface area contributed by atoms with Crippen molar-refractivity contribution in [3.63, 3.8) is 0 Å². The predicted molar refractivity (Wildman–Crippen MR) is 17.1 cm³/mol. The summed E-state index contributed by atoms with van der Waals surface area (Å²) >= 11 is 0. The Morgan fingerprint density at radius 3 is 0.750 bits per heavy atom. The Morgan fingerprint density at radius 1 is 0.750 bits per heavy atom. The van der Waals surface area contributed by atoms with Crippen LogP contribution in [0.4, 0.5) is 0 Å². The maximum absolute atomic E-state index is 0. The van der Waals surface area contributed by atoms with Gasteiger partial charge >= 0.3 is 51.2 Å². The fourth-order valence-electron chi connectivity index (χ4n) is 0. The van der Waals surface area contributed by atoms with Crippen LogP contribution >= 0.6 is 0 Å². The van der Waals surface area contributed by atoms with Crippen LogP contribution in [-0.4, -0.2) is 51.2 Å². The van der Waals surface area contributed by atoms with Gasteiger partial charge in [-0.1, -0.05) is 0 Å². The Kier molecular flexibility index (Phi) is 126. The van der Waals surface area contributed by atoms with Gasteiger partial charge in [-0.25, -0.2) is 0 Å². The average molecular weight is 457 g/mol. The van der Waals surface area contributed by atoms with E-state index in [1.807, 2.05) is 0 Å². The van der Waals surface area contributed by atoms with E-state index in [0.717, 1.165) is 0 Å². The molecule has 6 radical (unpaired) electrons. The van der Waals surface area contributed by atoms with Crippen molar-refractivity contribution in [3.8, 4) is 0 Å². The van der Waals surface area contributed by atoms with Crippen LogP contribution in [0.2, 0.25) is 0 Å². The zero-order chi connectivity index (χ0) is 0. The molecule has 0 saturated heterocycles. The first kappa shape index (κ1) is 29.4. The van der Waals surface area contributed by atoms with E-state index in [1.54, 1.807) is 0 Å². The van der Waals surface area contributed by atoms with Crippen LogP contribution in [0.1, 0.15) is 0 Å². The molecule has 4 heavy (non-hydrogen) atoms. The molecule has 0 rings (SSSR count). The van der Waals surface area contributed by atoms with Crippen molar-refractivity contribution >= 4 is 51.2 Å². The van der Waals surface area contributed by atoms with Crippen LogP contribution in [0.3, 0.4) is 0 Å². The van der Waals surface area contributed by atoms with Gasteiger partial charge in [0.05, 0.1) is 0 Å². The molecule has 0 amide bonds. The molecule has 0 heterocycles. The molecule has 0 aromatic heterocycles. The van der Waals surface area contributed by atoms with Gasteiger partial charge in [0.25, 0.3) is 0 Å². The molecule has 0 N–H and O–H groups in total. The van der Waals surface area contributed by atoms with Gasteiger partial charge in [0.15, 0.2) is 0 Å². The summed E-state index contributed by atoms with van der Waals surface area (Å²) < 4.78 is 0. The topological polar surface area (TPSA) is 0 Å². The van der Waals surface area contributed by atoms with E-state index in [-0.39, 0.29) is 85.3 Å². The molecule has 0 saturated carbocycles. The Labute approximate surface area is 83.9 Å². The van der Waals surface area contributed by atoms with Gasteiger partial charge < -0.3 is 0 Å². The molecule has 0 aromatic rings. The van der Waals surface area contributed by atoms with Crippen molar-refractivity contribution in [1.82, 2.24) is 0 Å². The maximum atomic E-state index is 0. The monoisotopic (exact) mass is 458 g/mol. The van der Waals surface area contributed by atoms with E-state index >= 15 is 0 Å². The summed E-state index contributed by atoms with van der Waals surface area (Å²) in [7, 11) is 0.